The molecule has 0 aliphatic heterocycles. The zero-order valence-electron chi connectivity index (χ0n) is 12.2. The minimum atomic E-state index is 0.640. The average molecular weight is 321 g/mol. The molecule has 0 saturated heterocycles. The van der Waals surface area contributed by atoms with Crippen LogP contribution >= 0.6 is 11.6 Å². The van der Waals surface area contributed by atoms with Crippen molar-refractivity contribution in [3.05, 3.63) is 77.3 Å². The van der Waals surface area contributed by atoms with Crippen LogP contribution in [0.4, 0.5) is 0 Å². The molecule has 4 rings (SSSR count). The van der Waals surface area contributed by atoms with Gasteiger partial charge in [0, 0.05) is 41.2 Å². The van der Waals surface area contributed by atoms with Gasteiger partial charge in [-0.1, -0.05) is 23.7 Å². The third kappa shape index (κ3) is 2.69. The van der Waals surface area contributed by atoms with Crippen LogP contribution < -0.4 is 0 Å². The van der Waals surface area contributed by atoms with E-state index in [-0.39, 0.29) is 0 Å². The first kappa shape index (κ1) is 13.9. The van der Waals surface area contributed by atoms with Crippen molar-refractivity contribution in [1.82, 2.24) is 20.2 Å². The number of nitrogens with one attached hydrogen (secondary N) is 1. The van der Waals surface area contributed by atoms with E-state index in [4.69, 9.17) is 11.6 Å². The number of benzene rings is 1. The highest BCUT2D eigenvalue weighted by Crippen LogP contribution is 2.29. The molecule has 112 valence electrons. The lowest BCUT2D eigenvalue weighted by molar-refractivity contribution is 0.979. The minimum Gasteiger partial charge on any atom is -0.281 e. The van der Waals surface area contributed by atoms with Gasteiger partial charge in [0.25, 0.3) is 0 Å². The number of hydrogen-bond donors (Lipinski definition) is 1. The van der Waals surface area contributed by atoms with Crippen LogP contribution in [0.15, 0.2) is 60.9 Å². The van der Waals surface area contributed by atoms with Gasteiger partial charge in [-0.2, -0.15) is 5.10 Å². The summed E-state index contributed by atoms with van der Waals surface area (Å²) in [6.45, 7) is 0. The fourth-order valence-corrected chi connectivity index (χ4v) is 2.86. The van der Waals surface area contributed by atoms with Crippen LogP contribution in [0, 0.1) is 0 Å². The van der Waals surface area contributed by atoms with E-state index in [1.807, 2.05) is 42.5 Å². The predicted molar refractivity (Wildman–Crippen MR) is 91.4 cm³/mol. The Labute approximate surface area is 138 Å². The van der Waals surface area contributed by atoms with E-state index < -0.39 is 0 Å². The molecule has 0 atom stereocenters. The maximum absolute atomic E-state index is 6.26. The molecule has 0 radical (unpaired) electrons. The van der Waals surface area contributed by atoms with Crippen LogP contribution in [-0.2, 0) is 6.42 Å². The molecule has 0 aliphatic rings. The fraction of sp³-hybridized carbons (Fsp3) is 0.0556. The monoisotopic (exact) mass is 320 g/mol. The quantitative estimate of drug-likeness (QED) is 0.613. The summed E-state index contributed by atoms with van der Waals surface area (Å²) in [5, 5.41) is 9.18. The Balaban J connectivity index is 1.79. The number of pyridine rings is 2. The molecule has 1 aromatic carbocycles. The van der Waals surface area contributed by atoms with Crippen LogP contribution in [-0.4, -0.2) is 20.2 Å². The van der Waals surface area contributed by atoms with Crippen LogP contribution in [0.5, 0.6) is 0 Å². The molecular weight excluding hydrogens is 308 g/mol. The summed E-state index contributed by atoms with van der Waals surface area (Å²) < 4.78 is 0. The summed E-state index contributed by atoms with van der Waals surface area (Å²) in [5.41, 5.74) is 4.71. The van der Waals surface area contributed by atoms with Gasteiger partial charge in [-0.15, -0.1) is 0 Å². The Morgan fingerprint density at radius 2 is 1.87 bits per heavy atom. The summed E-state index contributed by atoms with van der Waals surface area (Å²) >= 11 is 6.26. The number of H-pyrrole nitrogens is 1. The maximum atomic E-state index is 6.26. The lowest BCUT2D eigenvalue weighted by Gasteiger charge is -2.04. The van der Waals surface area contributed by atoms with Crippen molar-refractivity contribution in [2.45, 2.75) is 6.42 Å². The second-order valence-corrected chi connectivity index (χ2v) is 5.67. The van der Waals surface area contributed by atoms with Crippen LogP contribution in [0.3, 0.4) is 0 Å². The van der Waals surface area contributed by atoms with Gasteiger partial charge in [-0.05, 0) is 36.4 Å². The Hall–Kier alpha value is -2.72. The van der Waals surface area contributed by atoms with Gasteiger partial charge in [-0.25, -0.2) is 0 Å². The van der Waals surface area contributed by atoms with Crippen molar-refractivity contribution in [3.63, 3.8) is 0 Å². The largest absolute Gasteiger partial charge is 0.281 e. The number of rotatable bonds is 3. The first-order valence-electron chi connectivity index (χ1n) is 7.29. The maximum Gasteiger partial charge on any atom is 0.0924 e. The summed E-state index contributed by atoms with van der Waals surface area (Å²) in [6.07, 6.45) is 4.25. The molecule has 4 nitrogen and oxygen atoms in total. The molecule has 5 heteroatoms. The molecular formula is C18H13ClN4. The van der Waals surface area contributed by atoms with Crippen molar-refractivity contribution in [3.8, 4) is 11.3 Å². The standard InChI is InChI=1S/C18H13ClN4/c19-15-5-3-9-21-18(15)12-6-7-16-14(10-12)17(23-22-16)11-13-4-1-2-8-20-13/h1-10H,11H2,(H,22,23). The molecule has 1 N–H and O–H groups in total. The molecule has 0 aliphatic carbocycles. The number of aromatic nitrogens is 4. The van der Waals surface area contributed by atoms with Gasteiger partial charge in [0.2, 0.25) is 0 Å². The van der Waals surface area contributed by atoms with Gasteiger partial charge in [0.1, 0.15) is 0 Å². The number of fused-ring (bicyclic) bond motifs is 1. The molecule has 23 heavy (non-hydrogen) atoms. The topological polar surface area (TPSA) is 54.5 Å². The Bertz CT molecular complexity index is 963. The van der Waals surface area contributed by atoms with Crippen LogP contribution in [0.2, 0.25) is 5.02 Å². The average Bonchev–Trinajstić information content (AvgIpc) is 2.98. The minimum absolute atomic E-state index is 0.640. The lowest BCUT2D eigenvalue weighted by atomic mass is 10.1. The van der Waals surface area contributed by atoms with E-state index in [9.17, 15) is 0 Å². The highest BCUT2D eigenvalue weighted by atomic mass is 35.5. The predicted octanol–water partition coefficient (Wildman–Crippen LogP) is 4.26. The molecule has 4 aromatic rings. The van der Waals surface area contributed by atoms with Gasteiger partial charge >= 0.3 is 0 Å². The first-order valence-corrected chi connectivity index (χ1v) is 7.67. The second kappa shape index (κ2) is 5.82. The van der Waals surface area contributed by atoms with Gasteiger partial charge in [-0.3, -0.25) is 15.1 Å². The highest BCUT2D eigenvalue weighted by molar-refractivity contribution is 6.33. The zero-order valence-corrected chi connectivity index (χ0v) is 13.0. The van der Waals surface area contributed by atoms with E-state index in [2.05, 4.69) is 26.2 Å². The molecule has 0 bridgehead atoms. The smallest absolute Gasteiger partial charge is 0.0924 e. The second-order valence-electron chi connectivity index (χ2n) is 5.27. The molecule has 3 heterocycles. The Morgan fingerprint density at radius 1 is 0.957 bits per heavy atom. The molecule has 0 unspecified atom stereocenters. The summed E-state index contributed by atoms with van der Waals surface area (Å²) in [4.78, 5) is 8.75. The molecule has 0 spiro atoms. The van der Waals surface area contributed by atoms with Gasteiger partial charge < -0.3 is 0 Å². The van der Waals surface area contributed by atoms with Crippen LogP contribution in [0.1, 0.15) is 11.4 Å². The van der Waals surface area contributed by atoms with Gasteiger partial charge in [0.15, 0.2) is 0 Å². The third-order valence-corrected chi connectivity index (χ3v) is 4.05. The number of hydrogen-bond acceptors (Lipinski definition) is 3. The van der Waals surface area contributed by atoms with Crippen molar-refractivity contribution in [2.75, 3.05) is 0 Å². The van der Waals surface area contributed by atoms with E-state index in [0.29, 0.717) is 11.4 Å². The Morgan fingerprint density at radius 3 is 2.70 bits per heavy atom. The summed E-state index contributed by atoms with van der Waals surface area (Å²) in [6, 6.07) is 15.6. The van der Waals surface area contributed by atoms with E-state index >= 15 is 0 Å². The number of aromatic amines is 1. The fourth-order valence-electron chi connectivity index (χ4n) is 2.63. The van der Waals surface area contributed by atoms with E-state index in [1.165, 1.54) is 0 Å². The SMILES string of the molecule is Clc1cccnc1-c1ccc2n[nH]c(Cc3ccccn3)c2c1. The molecule has 0 saturated carbocycles. The molecule has 0 fully saturated rings. The number of halogens is 1. The van der Waals surface area contributed by atoms with E-state index in [0.717, 1.165) is 33.5 Å². The van der Waals surface area contributed by atoms with Crippen molar-refractivity contribution in [2.24, 2.45) is 0 Å². The van der Waals surface area contributed by atoms with Gasteiger partial charge in [0.05, 0.1) is 16.2 Å². The van der Waals surface area contributed by atoms with Crippen molar-refractivity contribution < 1.29 is 0 Å². The third-order valence-electron chi connectivity index (χ3n) is 3.75. The summed E-state index contributed by atoms with van der Waals surface area (Å²) in [7, 11) is 0. The van der Waals surface area contributed by atoms with E-state index in [1.54, 1.807) is 12.4 Å². The molecule has 3 aromatic heterocycles. The van der Waals surface area contributed by atoms with Crippen LogP contribution in [0.25, 0.3) is 22.2 Å². The normalized spacial score (nSPS) is 11.0. The zero-order chi connectivity index (χ0) is 15.6. The molecule has 0 amide bonds. The van der Waals surface area contributed by atoms with Crippen molar-refractivity contribution in [1.29, 1.82) is 0 Å². The summed E-state index contributed by atoms with van der Waals surface area (Å²) in [5.74, 6) is 0. The lowest BCUT2D eigenvalue weighted by Crippen LogP contribution is -1.92. The first-order chi connectivity index (χ1) is 11.3. The number of nitrogens with zero attached hydrogens (tertiary/aromatic N) is 3. The Kier molecular flexibility index (Phi) is 3.52. The highest BCUT2D eigenvalue weighted by Gasteiger charge is 2.10. The van der Waals surface area contributed by atoms with Crippen molar-refractivity contribution >= 4 is 22.5 Å².